The number of rotatable bonds is 9. The summed E-state index contributed by atoms with van der Waals surface area (Å²) in [6, 6.07) is 13.7. The van der Waals surface area contributed by atoms with E-state index in [0.717, 1.165) is 47.3 Å². The third-order valence-electron chi connectivity index (χ3n) is 6.30. The van der Waals surface area contributed by atoms with Gasteiger partial charge in [-0.05, 0) is 53.4 Å². The number of H-pyrrole nitrogens is 1. The molecule has 4 heterocycles. The maximum absolute atomic E-state index is 13.6. The first-order valence-corrected chi connectivity index (χ1v) is 11.9. The molecule has 2 N–H and O–H groups in total. The van der Waals surface area contributed by atoms with Crippen LogP contribution >= 0.6 is 0 Å². The summed E-state index contributed by atoms with van der Waals surface area (Å²) in [4.78, 5) is 18.2. The van der Waals surface area contributed by atoms with Gasteiger partial charge >= 0.3 is 5.69 Å². The van der Waals surface area contributed by atoms with Gasteiger partial charge in [0.2, 0.25) is 5.82 Å². The average Bonchev–Trinajstić information content (AvgIpc) is 3.64. The molecule has 5 aromatic rings. The highest BCUT2D eigenvalue weighted by molar-refractivity contribution is 5.70. The second kappa shape index (κ2) is 10.1. The number of aryl methyl sites for hydroxylation is 2. The summed E-state index contributed by atoms with van der Waals surface area (Å²) in [7, 11) is 1.87. The minimum Gasteiger partial charge on any atom is -0.392 e. The molecule has 5 rings (SSSR count). The first-order valence-electron chi connectivity index (χ1n) is 11.9. The third kappa shape index (κ3) is 4.50. The molecule has 0 saturated heterocycles. The summed E-state index contributed by atoms with van der Waals surface area (Å²) < 4.78 is 5.27. The molecule has 184 valence electrons. The molecule has 0 radical (unpaired) electrons. The number of tetrazole rings is 1. The molecule has 10 heteroatoms. The molecule has 1 aromatic carbocycles. The van der Waals surface area contributed by atoms with Crippen LogP contribution in [0.1, 0.15) is 36.7 Å². The van der Waals surface area contributed by atoms with Gasteiger partial charge in [-0.1, -0.05) is 31.5 Å². The van der Waals surface area contributed by atoms with E-state index in [4.69, 9.17) is 0 Å². The monoisotopic (exact) mass is 484 g/mol. The average molecular weight is 485 g/mol. The highest BCUT2D eigenvalue weighted by Crippen LogP contribution is 2.25. The maximum atomic E-state index is 13.6. The van der Waals surface area contributed by atoms with Gasteiger partial charge in [0.1, 0.15) is 5.82 Å². The van der Waals surface area contributed by atoms with Crippen molar-refractivity contribution < 1.29 is 5.11 Å². The number of hydrogen-bond donors (Lipinski definition) is 2. The first-order chi connectivity index (χ1) is 17.6. The summed E-state index contributed by atoms with van der Waals surface area (Å²) in [5.41, 5.74) is 5.12. The van der Waals surface area contributed by atoms with Gasteiger partial charge in [0.05, 0.1) is 18.8 Å². The van der Waals surface area contributed by atoms with Gasteiger partial charge in [-0.15, -0.1) is 10.2 Å². The first kappa shape index (κ1) is 23.4. The van der Waals surface area contributed by atoms with E-state index in [-0.39, 0.29) is 12.3 Å². The van der Waals surface area contributed by atoms with Crippen molar-refractivity contribution in [2.75, 3.05) is 0 Å². The molecule has 0 bridgehead atoms. The summed E-state index contributed by atoms with van der Waals surface area (Å²) in [6.45, 7) is 2.35. The van der Waals surface area contributed by atoms with E-state index < -0.39 is 0 Å². The Hall–Kier alpha value is -4.31. The SMILES string of the molecule is CCCCc1cn(-c2c(CO)ccn2C)c(=O)n1Cc1cc(-c2cccc(-c3nn[nH]n3)c2)ccn1. The molecule has 0 amide bonds. The van der Waals surface area contributed by atoms with Crippen LogP contribution in [0.2, 0.25) is 0 Å². The normalized spacial score (nSPS) is 11.3. The zero-order valence-electron chi connectivity index (χ0n) is 20.3. The van der Waals surface area contributed by atoms with E-state index in [0.29, 0.717) is 23.8 Å². The van der Waals surface area contributed by atoms with Crippen LogP contribution in [0.5, 0.6) is 0 Å². The van der Waals surface area contributed by atoms with Gasteiger partial charge in [0, 0.05) is 42.5 Å². The van der Waals surface area contributed by atoms with Crippen molar-refractivity contribution in [1.29, 1.82) is 0 Å². The molecule has 36 heavy (non-hydrogen) atoms. The number of aromatic nitrogens is 8. The van der Waals surface area contributed by atoms with Crippen molar-refractivity contribution in [1.82, 2.24) is 39.3 Å². The largest absolute Gasteiger partial charge is 0.392 e. The molecular weight excluding hydrogens is 456 g/mol. The van der Waals surface area contributed by atoms with Crippen molar-refractivity contribution in [3.63, 3.8) is 0 Å². The van der Waals surface area contributed by atoms with Crippen molar-refractivity contribution in [3.8, 4) is 28.3 Å². The van der Waals surface area contributed by atoms with Gasteiger partial charge in [-0.25, -0.2) is 4.79 Å². The molecular formula is C26H28N8O2. The predicted octanol–water partition coefficient (Wildman–Crippen LogP) is 3.10. The summed E-state index contributed by atoms with van der Waals surface area (Å²) in [6.07, 6.45) is 8.29. The zero-order valence-corrected chi connectivity index (χ0v) is 20.3. The van der Waals surface area contributed by atoms with Crippen LogP contribution in [-0.4, -0.2) is 44.4 Å². The number of nitrogens with zero attached hydrogens (tertiary/aromatic N) is 7. The maximum Gasteiger partial charge on any atom is 0.334 e. The molecule has 4 aromatic heterocycles. The Kier molecular flexibility index (Phi) is 6.59. The second-order valence-electron chi connectivity index (χ2n) is 8.75. The number of nitrogens with one attached hydrogen (secondary N) is 1. The van der Waals surface area contributed by atoms with E-state index in [2.05, 4.69) is 32.5 Å². The highest BCUT2D eigenvalue weighted by Gasteiger charge is 2.18. The molecule has 0 unspecified atom stereocenters. The van der Waals surface area contributed by atoms with Gasteiger partial charge in [-0.3, -0.25) is 14.1 Å². The molecule has 0 aliphatic carbocycles. The lowest BCUT2D eigenvalue weighted by molar-refractivity contribution is 0.281. The van der Waals surface area contributed by atoms with Crippen LogP contribution in [0, 0.1) is 0 Å². The molecule has 0 spiro atoms. The Morgan fingerprint density at radius 1 is 1.08 bits per heavy atom. The lowest BCUT2D eigenvalue weighted by Gasteiger charge is -2.09. The topological polar surface area (TPSA) is 119 Å². The van der Waals surface area contributed by atoms with E-state index in [1.807, 2.05) is 66.5 Å². The lowest BCUT2D eigenvalue weighted by Crippen LogP contribution is -2.26. The van der Waals surface area contributed by atoms with E-state index >= 15 is 0 Å². The predicted molar refractivity (Wildman–Crippen MR) is 135 cm³/mol. The molecule has 0 aliphatic rings. The number of hydrogen-bond acceptors (Lipinski definition) is 6. The lowest BCUT2D eigenvalue weighted by atomic mass is 10.0. The number of aromatic amines is 1. The fourth-order valence-electron chi connectivity index (χ4n) is 4.45. The van der Waals surface area contributed by atoms with Crippen LogP contribution in [-0.2, 0) is 26.6 Å². The third-order valence-corrected chi connectivity index (χ3v) is 6.30. The van der Waals surface area contributed by atoms with Crippen molar-refractivity contribution in [3.05, 3.63) is 88.5 Å². The van der Waals surface area contributed by atoms with Gasteiger partial charge in [0.15, 0.2) is 0 Å². The Balaban J connectivity index is 1.51. The number of imidazole rings is 1. The van der Waals surface area contributed by atoms with E-state index in [9.17, 15) is 9.90 Å². The Labute approximate surface area is 207 Å². The van der Waals surface area contributed by atoms with Crippen LogP contribution < -0.4 is 5.69 Å². The summed E-state index contributed by atoms with van der Waals surface area (Å²) in [5, 5.41) is 24.0. The van der Waals surface area contributed by atoms with Crippen molar-refractivity contribution >= 4 is 0 Å². The molecule has 0 aliphatic heterocycles. The van der Waals surface area contributed by atoms with Crippen molar-refractivity contribution in [2.24, 2.45) is 7.05 Å². The van der Waals surface area contributed by atoms with Crippen LogP contribution in [0.15, 0.2) is 65.8 Å². The van der Waals surface area contributed by atoms with Gasteiger partial charge in [-0.2, -0.15) is 5.21 Å². The summed E-state index contributed by atoms with van der Waals surface area (Å²) in [5.74, 6) is 1.21. The van der Waals surface area contributed by atoms with Gasteiger partial charge < -0.3 is 9.67 Å². The van der Waals surface area contributed by atoms with Gasteiger partial charge in [0.25, 0.3) is 0 Å². The highest BCUT2D eigenvalue weighted by atomic mass is 16.3. The second-order valence-corrected chi connectivity index (χ2v) is 8.75. The number of aliphatic hydroxyl groups excluding tert-OH is 1. The smallest absolute Gasteiger partial charge is 0.334 e. The van der Waals surface area contributed by atoms with Crippen LogP contribution in [0.25, 0.3) is 28.3 Å². The van der Waals surface area contributed by atoms with E-state index in [1.54, 1.807) is 15.3 Å². The fourth-order valence-corrected chi connectivity index (χ4v) is 4.45. The van der Waals surface area contributed by atoms with Crippen LogP contribution in [0.4, 0.5) is 0 Å². The number of benzene rings is 1. The number of unbranched alkanes of at least 4 members (excludes halogenated alkanes) is 1. The Bertz CT molecular complexity index is 1530. The Morgan fingerprint density at radius 2 is 1.92 bits per heavy atom. The zero-order chi connectivity index (χ0) is 25.1. The number of pyridine rings is 1. The minimum absolute atomic E-state index is 0.134. The van der Waals surface area contributed by atoms with E-state index in [1.165, 1.54) is 0 Å². The molecule has 0 atom stereocenters. The fraction of sp³-hybridized carbons (Fsp3) is 0.269. The minimum atomic E-state index is -0.149. The summed E-state index contributed by atoms with van der Waals surface area (Å²) >= 11 is 0. The standard InChI is InChI=1S/C26H28N8O2/c1-3-4-8-23-16-34(25-21(17-35)10-12-32(25)2)26(36)33(23)15-22-14-19(9-11-27-22)18-6-5-7-20(13-18)24-28-30-31-29-24/h5-7,9-14,16,35H,3-4,8,15,17H2,1-2H3,(H,28,29,30,31). The quantitative estimate of drug-likeness (QED) is 0.332. The molecule has 0 fully saturated rings. The molecule has 10 nitrogen and oxygen atoms in total. The van der Waals surface area contributed by atoms with Crippen molar-refractivity contribution in [2.45, 2.75) is 39.3 Å². The Morgan fingerprint density at radius 3 is 2.69 bits per heavy atom. The molecule has 0 saturated carbocycles. The van der Waals surface area contributed by atoms with Crippen LogP contribution in [0.3, 0.4) is 0 Å². The number of aliphatic hydroxyl groups is 1.